The number of allylic oxidation sites excluding steroid dienone is 4. The molecule has 0 aliphatic rings. The van der Waals surface area contributed by atoms with E-state index in [0.717, 1.165) is 22.5 Å². The Bertz CT molecular complexity index is 1410. The zero-order chi connectivity index (χ0) is 23.3. The highest BCUT2D eigenvalue weighted by atomic mass is 16.3. The summed E-state index contributed by atoms with van der Waals surface area (Å²) in [4.78, 5) is 0. The van der Waals surface area contributed by atoms with Crippen LogP contribution in [0.25, 0.3) is 35.1 Å². The van der Waals surface area contributed by atoms with E-state index in [4.69, 9.17) is 29.9 Å². The van der Waals surface area contributed by atoms with E-state index in [1.807, 2.05) is 43.7 Å². The fourth-order valence-electron chi connectivity index (χ4n) is 3.37. The van der Waals surface area contributed by atoms with Gasteiger partial charge in [0.25, 0.3) is 0 Å². The molecule has 7 heteroatoms. The topological polar surface area (TPSA) is 126 Å². The van der Waals surface area contributed by atoms with Crippen LogP contribution in [0.1, 0.15) is 22.6 Å². The van der Waals surface area contributed by atoms with Crippen molar-refractivity contribution >= 4 is 12.2 Å². The summed E-state index contributed by atoms with van der Waals surface area (Å²) in [5.74, 6) is 2.27. The summed E-state index contributed by atoms with van der Waals surface area (Å²) >= 11 is 0. The lowest BCUT2D eigenvalue weighted by Gasteiger charge is -2.05. The second kappa shape index (κ2) is 9.23. The molecule has 0 aliphatic carbocycles. The first-order valence-electron chi connectivity index (χ1n) is 9.50. The van der Waals surface area contributed by atoms with Crippen molar-refractivity contribution in [1.29, 1.82) is 21.0 Å². The van der Waals surface area contributed by atoms with Crippen molar-refractivity contribution in [2.75, 3.05) is 0 Å². The molecule has 0 N–H and O–H groups in total. The highest BCUT2D eigenvalue weighted by Gasteiger charge is 2.21. The molecule has 0 spiro atoms. The van der Waals surface area contributed by atoms with Crippen molar-refractivity contribution in [1.82, 2.24) is 4.57 Å². The zero-order valence-corrected chi connectivity index (χ0v) is 17.7. The van der Waals surface area contributed by atoms with Crippen LogP contribution in [0.15, 0.2) is 56.4 Å². The SMILES string of the molecule is Cc1c(C)c(-c2ccc(/C=C/C=C(C#N)C#N)o2)n(C)c1-c1ccc(C=C(C#N)C#N)o1. The number of furan rings is 2. The zero-order valence-electron chi connectivity index (χ0n) is 17.7. The van der Waals surface area contributed by atoms with Gasteiger partial charge in [-0.05, 0) is 61.4 Å². The van der Waals surface area contributed by atoms with Gasteiger partial charge in [0.2, 0.25) is 0 Å². The molecule has 0 saturated carbocycles. The van der Waals surface area contributed by atoms with Gasteiger partial charge in [-0.15, -0.1) is 0 Å². The van der Waals surface area contributed by atoms with Crippen molar-refractivity contribution in [2.45, 2.75) is 13.8 Å². The number of hydrogen-bond acceptors (Lipinski definition) is 6. The Kier molecular flexibility index (Phi) is 6.26. The van der Waals surface area contributed by atoms with E-state index in [2.05, 4.69) is 0 Å². The predicted octanol–water partition coefficient (Wildman–Crippen LogP) is 5.58. The molecule has 3 rings (SSSR count). The third-order valence-electron chi connectivity index (χ3n) is 4.96. The smallest absolute Gasteiger partial charge is 0.151 e. The largest absolute Gasteiger partial charge is 0.455 e. The number of nitrogens with zero attached hydrogens (tertiary/aromatic N) is 5. The highest BCUT2D eigenvalue weighted by Crippen LogP contribution is 2.37. The fourth-order valence-corrected chi connectivity index (χ4v) is 3.37. The van der Waals surface area contributed by atoms with Gasteiger partial charge in [-0.2, -0.15) is 21.0 Å². The fraction of sp³-hybridized carbons (Fsp3) is 0.120. The van der Waals surface area contributed by atoms with Crippen LogP contribution in [0.2, 0.25) is 0 Å². The van der Waals surface area contributed by atoms with Crippen LogP contribution in [0.3, 0.4) is 0 Å². The van der Waals surface area contributed by atoms with E-state index in [1.54, 1.807) is 42.5 Å². The number of nitriles is 4. The summed E-state index contributed by atoms with van der Waals surface area (Å²) in [5, 5.41) is 35.5. The maximum absolute atomic E-state index is 8.94. The standard InChI is InChI=1S/C25H17N5O2/c1-16-17(2)25(23-10-8-21(32-23)11-19(14-28)15-29)30(3)24(16)22-9-7-20(31-22)6-4-5-18(12-26)13-27/h4-11H,1-3H3/b6-4+. The first-order valence-corrected chi connectivity index (χ1v) is 9.50. The van der Waals surface area contributed by atoms with Crippen molar-refractivity contribution in [3.8, 4) is 47.2 Å². The van der Waals surface area contributed by atoms with E-state index in [1.165, 1.54) is 12.2 Å². The second-order valence-corrected chi connectivity index (χ2v) is 6.85. The Morgan fingerprint density at radius 3 is 1.81 bits per heavy atom. The Balaban J connectivity index is 1.98. The Hall–Kier alpha value is -4.98. The van der Waals surface area contributed by atoms with E-state index in [-0.39, 0.29) is 11.1 Å². The quantitative estimate of drug-likeness (QED) is 0.392. The molecule has 3 aromatic heterocycles. The van der Waals surface area contributed by atoms with Gasteiger partial charge < -0.3 is 13.4 Å². The van der Waals surface area contributed by atoms with Gasteiger partial charge in [-0.3, -0.25) is 0 Å². The lowest BCUT2D eigenvalue weighted by atomic mass is 10.1. The van der Waals surface area contributed by atoms with Gasteiger partial charge in [0, 0.05) is 13.1 Å². The summed E-state index contributed by atoms with van der Waals surface area (Å²) in [6.07, 6.45) is 6.09. The van der Waals surface area contributed by atoms with Crippen LogP contribution >= 0.6 is 0 Å². The molecule has 0 unspecified atom stereocenters. The molecule has 0 radical (unpaired) electrons. The molecule has 0 amide bonds. The lowest BCUT2D eigenvalue weighted by molar-refractivity contribution is 0.560. The van der Waals surface area contributed by atoms with E-state index < -0.39 is 0 Å². The molecule has 0 saturated heterocycles. The molecule has 0 bridgehead atoms. The molecule has 3 aromatic rings. The maximum Gasteiger partial charge on any atom is 0.151 e. The predicted molar refractivity (Wildman–Crippen MR) is 118 cm³/mol. The average Bonchev–Trinajstić information content (AvgIpc) is 3.49. The minimum absolute atomic E-state index is 0.0101. The van der Waals surface area contributed by atoms with Crippen molar-refractivity contribution < 1.29 is 8.83 Å². The van der Waals surface area contributed by atoms with Crippen LogP contribution in [-0.4, -0.2) is 4.57 Å². The number of hydrogen-bond donors (Lipinski definition) is 0. The Morgan fingerprint density at radius 1 is 0.781 bits per heavy atom. The average molecular weight is 419 g/mol. The van der Waals surface area contributed by atoms with E-state index in [9.17, 15) is 0 Å². The molecular weight excluding hydrogens is 402 g/mol. The summed E-state index contributed by atoms with van der Waals surface area (Å²) in [6.45, 7) is 3.98. The molecule has 32 heavy (non-hydrogen) atoms. The van der Waals surface area contributed by atoms with E-state index in [0.29, 0.717) is 23.0 Å². The number of aromatic nitrogens is 1. The van der Waals surface area contributed by atoms with E-state index >= 15 is 0 Å². The molecule has 0 atom stereocenters. The van der Waals surface area contributed by atoms with Crippen LogP contribution in [-0.2, 0) is 7.05 Å². The Labute approximate surface area is 185 Å². The Morgan fingerprint density at radius 2 is 1.28 bits per heavy atom. The van der Waals surface area contributed by atoms with Crippen LogP contribution in [0, 0.1) is 59.2 Å². The lowest BCUT2D eigenvalue weighted by Crippen LogP contribution is -1.94. The molecule has 0 aliphatic heterocycles. The summed E-state index contributed by atoms with van der Waals surface area (Å²) in [6, 6.07) is 14.4. The molecule has 0 fully saturated rings. The maximum atomic E-state index is 8.94. The number of rotatable bonds is 5. The molecule has 0 aromatic carbocycles. The second-order valence-electron chi connectivity index (χ2n) is 6.85. The first-order chi connectivity index (χ1) is 15.4. The molecule has 7 nitrogen and oxygen atoms in total. The minimum Gasteiger partial charge on any atom is -0.455 e. The van der Waals surface area contributed by atoms with Gasteiger partial charge in [0.15, 0.2) is 11.5 Å². The molecule has 3 heterocycles. The van der Waals surface area contributed by atoms with Gasteiger partial charge >= 0.3 is 0 Å². The van der Waals surface area contributed by atoms with Crippen LogP contribution < -0.4 is 0 Å². The van der Waals surface area contributed by atoms with Crippen LogP contribution in [0.4, 0.5) is 0 Å². The summed E-state index contributed by atoms with van der Waals surface area (Å²) < 4.78 is 13.8. The monoisotopic (exact) mass is 419 g/mol. The van der Waals surface area contributed by atoms with Crippen LogP contribution in [0.5, 0.6) is 0 Å². The van der Waals surface area contributed by atoms with Gasteiger partial charge in [-0.25, -0.2) is 0 Å². The van der Waals surface area contributed by atoms with Gasteiger partial charge in [-0.1, -0.05) is 6.08 Å². The van der Waals surface area contributed by atoms with Crippen molar-refractivity contribution in [3.63, 3.8) is 0 Å². The molecular formula is C25H17N5O2. The highest BCUT2D eigenvalue weighted by molar-refractivity contribution is 5.73. The third kappa shape index (κ3) is 4.14. The minimum atomic E-state index is -0.0333. The van der Waals surface area contributed by atoms with Crippen molar-refractivity contribution in [3.05, 3.63) is 70.2 Å². The normalized spacial score (nSPS) is 10.1. The summed E-state index contributed by atoms with van der Waals surface area (Å²) in [7, 11) is 1.91. The molecule has 154 valence electrons. The third-order valence-corrected chi connectivity index (χ3v) is 4.96. The van der Waals surface area contributed by atoms with Gasteiger partial charge in [0.05, 0.1) is 11.4 Å². The van der Waals surface area contributed by atoms with Crippen molar-refractivity contribution in [2.24, 2.45) is 7.05 Å². The summed E-state index contributed by atoms with van der Waals surface area (Å²) in [5.41, 5.74) is 3.75. The first kappa shape index (κ1) is 21.7. The van der Waals surface area contributed by atoms with Gasteiger partial charge in [0.1, 0.15) is 46.9 Å².